The van der Waals surface area contributed by atoms with Crippen LogP contribution < -0.4 is 14.9 Å². The van der Waals surface area contributed by atoms with Gasteiger partial charge in [0.05, 0.1) is 24.7 Å². The van der Waals surface area contributed by atoms with Crippen molar-refractivity contribution < 1.29 is 44.2 Å². The second kappa shape index (κ2) is 8.77. The molecule has 4 rings (SSSR count). The van der Waals surface area contributed by atoms with Crippen LogP contribution in [0, 0.1) is 0 Å². The van der Waals surface area contributed by atoms with Crippen LogP contribution in [-0.4, -0.2) is 70.0 Å². The smallest absolute Gasteiger partial charge is 0.229 e. The minimum atomic E-state index is -1.61. The number of hydrogen-bond acceptors (Lipinski definition) is 10. The number of rotatable bonds is 5. The third-order valence-corrected chi connectivity index (χ3v) is 5.33. The quantitative estimate of drug-likeness (QED) is 0.370. The molecule has 0 aliphatic carbocycles. The molecular weight excluding hydrogens is 424 g/mol. The molecule has 0 unspecified atom stereocenters. The van der Waals surface area contributed by atoms with Gasteiger partial charge < -0.3 is 44.2 Å². The standard InChI is InChI=1S/C22H22O10/c1-29-15-6-12-14(30-9-13(18(12)25)10-2-4-11(24)5-3-10)7-16(15)31-22-21(28)20(27)19(26)17(8-23)32-22/h2-7,9,17,19-24,26-28H,8H2,1H3/t17-,19-,20-,21+,22-/m1/s1. The first-order valence-corrected chi connectivity index (χ1v) is 9.74. The van der Waals surface area contributed by atoms with Gasteiger partial charge in [0, 0.05) is 6.07 Å². The molecule has 1 aliphatic heterocycles. The Balaban J connectivity index is 1.71. The number of fused-ring (bicyclic) bond motifs is 1. The van der Waals surface area contributed by atoms with Crippen LogP contribution in [0.4, 0.5) is 0 Å². The summed E-state index contributed by atoms with van der Waals surface area (Å²) < 4.78 is 21.9. The minimum absolute atomic E-state index is 0.0462. The molecular formula is C22H22O10. The highest BCUT2D eigenvalue weighted by molar-refractivity contribution is 5.84. The molecule has 0 amide bonds. The first kappa shape index (κ1) is 22.1. The van der Waals surface area contributed by atoms with Crippen molar-refractivity contribution in [2.24, 2.45) is 0 Å². The molecule has 170 valence electrons. The van der Waals surface area contributed by atoms with E-state index in [0.29, 0.717) is 5.56 Å². The number of benzene rings is 2. The maximum atomic E-state index is 13.0. The van der Waals surface area contributed by atoms with Gasteiger partial charge in [-0.05, 0) is 23.8 Å². The highest BCUT2D eigenvalue weighted by Gasteiger charge is 2.45. The van der Waals surface area contributed by atoms with E-state index in [1.165, 1.54) is 37.6 Å². The van der Waals surface area contributed by atoms with Crippen LogP contribution in [-0.2, 0) is 4.74 Å². The summed E-state index contributed by atoms with van der Waals surface area (Å²) in [7, 11) is 1.35. The Morgan fingerprint density at radius 2 is 1.72 bits per heavy atom. The van der Waals surface area contributed by atoms with Crippen LogP contribution in [0.1, 0.15) is 0 Å². The molecule has 10 nitrogen and oxygen atoms in total. The van der Waals surface area contributed by atoms with Gasteiger partial charge in [-0.25, -0.2) is 0 Å². The third kappa shape index (κ3) is 3.90. The fourth-order valence-corrected chi connectivity index (χ4v) is 3.52. The zero-order chi connectivity index (χ0) is 23.0. The van der Waals surface area contributed by atoms with Crippen LogP contribution in [0.2, 0.25) is 0 Å². The van der Waals surface area contributed by atoms with E-state index < -0.39 is 37.3 Å². The van der Waals surface area contributed by atoms with Gasteiger partial charge in [-0.2, -0.15) is 0 Å². The molecule has 32 heavy (non-hydrogen) atoms. The molecule has 10 heteroatoms. The first-order chi connectivity index (χ1) is 15.3. The second-order valence-electron chi connectivity index (χ2n) is 7.34. The Morgan fingerprint density at radius 1 is 1.00 bits per heavy atom. The van der Waals surface area contributed by atoms with E-state index in [1.54, 1.807) is 12.1 Å². The second-order valence-corrected chi connectivity index (χ2v) is 7.34. The maximum Gasteiger partial charge on any atom is 0.229 e. The van der Waals surface area contributed by atoms with Gasteiger partial charge in [0.1, 0.15) is 42.0 Å². The topological polar surface area (TPSA) is 159 Å². The van der Waals surface area contributed by atoms with E-state index in [-0.39, 0.29) is 39.2 Å². The van der Waals surface area contributed by atoms with Gasteiger partial charge in [-0.3, -0.25) is 4.79 Å². The molecule has 2 heterocycles. The van der Waals surface area contributed by atoms with Crippen molar-refractivity contribution >= 4 is 11.0 Å². The number of phenols is 1. The molecule has 5 atom stereocenters. The lowest BCUT2D eigenvalue weighted by Crippen LogP contribution is -2.60. The summed E-state index contributed by atoms with van der Waals surface area (Å²) in [5.74, 6) is 0.241. The van der Waals surface area contributed by atoms with Crippen molar-refractivity contribution in [3.63, 3.8) is 0 Å². The Hall–Kier alpha value is -3.15. The van der Waals surface area contributed by atoms with E-state index in [2.05, 4.69) is 0 Å². The van der Waals surface area contributed by atoms with Crippen LogP contribution in [0.3, 0.4) is 0 Å². The molecule has 0 spiro atoms. The highest BCUT2D eigenvalue weighted by atomic mass is 16.7. The Labute approximate surface area is 181 Å². The van der Waals surface area contributed by atoms with Gasteiger partial charge in [0.15, 0.2) is 11.5 Å². The predicted octanol–water partition coefficient (Wildman–Crippen LogP) is 0.353. The Kier molecular flexibility index (Phi) is 6.04. The molecule has 0 bridgehead atoms. The summed E-state index contributed by atoms with van der Waals surface area (Å²) in [6, 6.07) is 8.86. The fourth-order valence-electron chi connectivity index (χ4n) is 3.52. The van der Waals surface area contributed by atoms with E-state index >= 15 is 0 Å². The van der Waals surface area contributed by atoms with E-state index in [1.807, 2.05) is 0 Å². The van der Waals surface area contributed by atoms with E-state index in [9.17, 15) is 30.3 Å². The van der Waals surface area contributed by atoms with Crippen molar-refractivity contribution in [1.29, 1.82) is 0 Å². The van der Waals surface area contributed by atoms with Crippen molar-refractivity contribution in [1.82, 2.24) is 0 Å². The average molecular weight is 446 g/mol. The van der Waals surface area contributed by atoms with Crippen LogP contribution in [0.25, 0.3) is 22.1 Å². The van der Waals surface area contributed by atoms with Gasteiger partial charge in [-0.15, -0.1) is 0 Å². The summed E-state index contributed by atoms with van der Waals surface area (Å²) in [6.07, 6.45) is -6.04. The normalized spacial score (nSPS) is 25.6. The summed E-state index contributed by atoms with van der Waals surface area (Å²) in [4.78, 5) is 13.0. The van der Waals surface area contributed by atoms with Gasteiger partial charge in [0.2, 0.25) is 11.7 Å². The summed E-state index contributed by atoms with van der Waals surface area (Å²) in [5.41, 5.74) is 0.661. The van der Waals surface area contributed by atoms with Crippen molar-refractivity contribution in [3.8, 4) is 28.4 Å². The largest absolute Gasteiger partial charge is 0.508 e. The number of ether oxygens (including phenoxy) is 3. The van der Waals surface area contributed by atoms with Crippen molar-refractivity contribution in [2.45, 2.75) is 30.7 Å². The molecule has 1 aromatic heterocycles. The Bertz CT molecular complexity index is 1150. The van der Waals surface area contributed by atoms with Crippen LogP contribution in [0.15, 0.2) is 51.9 Å². The molecule has 0 saturated carbocycles. The number of methoxy groups -OCH3 is 1. The maximum absolute atomic E-state index is 13.0. The van der Waals surface area contributed by atoms with Gasteiger partial charge in [-0.1, -0.05) is 12.1 Å². The number of hydrogen-bond donors (Lipinski definition) is 5. The van der Waals surface area contributed by atoms with Crippen molar-refractivity contribution in [3.05, 3.63) is 52.9 Å². The van der Waals surface area contributed by atoms with Crippen LogP contribution in [0.5, 0.6) is 17.2 Å². The number of aliphatic hydroxyl groups is 4. The highest BCUT2D eigenvalue weighted by Crippen LogP contribution is 2.35. The monoisotopic (exact) mass is 446 g/mol. The fraction of sp³-hybridized carbons (Fsp3) is 0.318. The first-order valence-electron chi connectivity index (χ1n) is 9.74. The van der Waals surface area contributed by atoms with E-state index in [4.69, 9.17) is 18.6 Å². The lowest BCUT2D eigenvalue weighted by atomic mass is 9.99. The molecule has 3 aromatic rings. The SMILES string of the molecule is COc1cc2c(=O)c(-c3ccc(O)cc3)coc2cc1O[C@@H]1O[C@H](CO)[C@@H](O)[C@@H](O)[C@@H]1O. The van der Waals surface area contributed by atoms with Crippen LogP contribution >= 0.6 is 0 Å². The third-order valence-electron chi connectivity index (χ3n) is 5.33. The minimum Gasteiger partial charge on any atom is -0.508 e. The number of phenolic OH excluding ortho intramolecular Hbond substituents is 1. The van der Waals surface area contributed by atoms with E-state index in [0.717, 1.165) is 0 Å². The average Bonchev–Trinajstić information content (AvgIpc) is 2.80. The number of aliphatic hydroxyl groups excluding tert-OH is 4. The van der Waals surface area contributed by atoms with Gasteiger partial charge >= 0.3 is 0 Å². The lowest BCUT2D eigenvalue weighted by Gasteiger charge is -2.39. The Morgan fingerprint density at radius 3 is 2.38 bits per heavy atom. The molecule has 1 saturated heterocycles. The molecule has 1 fully saturated rings. The summed E-state index contributed by atoms with van der Waals surface area (Å²) in [6.45, 7) is -0.603. The molecule has 5 N–H and O–H groups in total. The lowest BCUT2D eigenvalue weighted by molar-refractivity contribution is -0.277. The van der Waals surface area contributed by atoms with Gasteiger partial charge in [0.25, 0.3) is 0 Å². The predicted molar refractivity (Wildman–Crippen MR) is 111 cm³/mol. The number of aromatic hydroxyl groups is 1. The molecule has 2 aromatic carbocycles. The molecule has 1 aliphatic rings. The summed E-state index contributed by atoms with van der Waals surface area (Å²) in [5, 5.41) is 49.1. The zero-order valence-electron chi connectivity index (χ0n) is 16.9. The summed E-state index contributed by atoms with van der Waals surface area (Å²) >= 11 is 0. The molecule has 0 radical (unpaired) electrons. The zero-order valence-corrected chi connectivity index (χ0v) is 16.9. The van der Waals surface area contributed by atoms with Crippen molar-refractivity contribution in [2.75, 3.05) is 13.7 Å².